The summed E-state index contributed by atoms with van der Waals surface area (Å²) in [5.41, 5.74) is 17.1. The van der Waals surface area contributed by atoms with Gasteiger partial charge in [0.25, 0.3) is 0 Å². The molecular weight excluding hydrogens is 733 g/mol. The summed E-state index contributed by atoms with van der Waals surface area (Å²) in [6, 6.07) is 77.3. The fourth-order valence-electron chi connectivity index (χ4n) is 8.84. The van der Waals surface area contributed by atoms with Crippen molar-refractivity contribution in [2.24, 2.45) is 0 Å². The molecule has 0 aliphatic rings. The molecule has 60 heavy (non-hydrogen) atoms. The largest absolute Gasteiger partial charge is 0.454 e. The highest BCUT2D eigenvalue weighted by Crippen LogP contribution is 2.44. The first kappa shape index (κ1) is 33.9. The molecule has 3 aromatic heterocycles. The van der Waals surface area contributed by atoms with E-state index < -0.39 is 0 Å². The van der Waals surface area contributed by atoms with Crippen LogP contribution in [0.3, 0.4) is 0 Å². The van der Waals surface area contributed by atoms with Gasteiger partial charge in [-0.15, -0.1) is 0 Å². The molecule has 3 heterocycles. The number of hydrogen-bond acceptors (Lipinski definition) is 3. The van der Waals surface area contributed by atoms with E-state index in [1.54, 1.807) is 0 Å². The first-order valence-electron chi connectivity index (χ1n) is 20.3. The number of anilines is 3. The number of aromatic nitrogens is 3. The zero-order chi connectivity index (χ0) is 39.6. The molecule has 0 radical (unpaired) electrons. The highest BCUT2D eigenvalue weighted by Gasteiger charge is 2.21. The zero-order valence-corrected chi connectivity index (χ0v) is 32.5. The van der Waals surface area contributed by atoms with Crippen LogP contribution in [0, 0.1) is 0 Å². The molecule has 0 amide bonds. The first-order valence-corrected chi connectivity index (χ1v) is 20.3. The Kier molecular flexibility index (Phi) is 7.78. The second kappa shape index (κ2) is 13.8. The monoisotopic (exact) mass is 768 g/mol. The van der Waals surface area contributed by atoms with Crippen LogP contribution in [-0.4, -0.2) is 14.0 Å². The van der Waals surface area contributed by atoms with Crippen LogP contribution in [0.5, 0.6) is 0 Å². The SMILES string of the molecule is c1ccc(-c2ccc(N(c3ccc(-c4ccccc4)cc3)c3cccc4c3oc3ccc(-c5ccc6c(c5)n5c7ccccc7nc5n6-c5ccccc5)cc34)cc2)cc1. The molecule has 5 heteroatoms. The molecule has 0 spiro atoms. The van der Waals surface area contributed by atoms with Crippen molar-refractivity contribution in [3.63, 3.8) is 0 Å². The quantitative estimate of drug-likeness (QED) is 0.162. The Balaban J connectivity index is 0.997. The maximum absolute atomic E-state index is 6.85. The molecule has 0 unspecified atom stereocenters. The van der Waals surface area contributed by atoms with E-state index in [2.05, 4.69) is 226 Å². The van der Waals surface area contributed by atoms with Gasteiger partial charge in [0, 0.05) is 27.8 Å². The second-order valence-corrected chi connectivity index (χ2v) is 15.2. The Hall–Kier alpha value is -8.15. The average Bonchev–Trinajstić information content (AvgIpc) is 3.99. The van der Waals surface area contributed by atoms with Gasteiger partial charge in [0.05, 0.1) is 27.8 Å². The van der Waals surface area contributed by atoms with Crippen molar-refractivity contribution in [1.82, 2.24) is 14.0 Å². The lowest BCUT2D eigenvalue weighted by atomic mass is 10.0. The van der Waals surface area contributed by atoms with Crippen molar-refractivity contribution < 1.29 is 4.42 Å². The third-order valence-corrected chi connectivity index (χ3v) is 11.7. The van der Waals surface area contributed by atoms with E-state index in [1.165, 1.54) is 22.3 Å². The molecular formula is C55H36N4O. The maximum Gasteiger partial charge on any atom is 0.220 e. The van der Waals surface area contributed by atoms with Crippen molar-refractivity contribution in [3.8, 4) is 39.1 Å². The minimum atomic E-state index is 0.839. The van der Waals surface area contributed by atoms with Gasteiger partial charge in [0.15, 0.2) is 5.58 Å². The van der Waals surface area contributed by atoms with Gasteiger partial charge in [-0.25, -0.2) is 4.98 Å². The summed E-state index contributed by atoms with van der Waals surface area (Å²) in [5.74, 6) is 0.896. The predicted octanol–water partition coefficient (Wildman–Crippen LogP) is 14.8. The van der Waals surface area contributed by atoms with Crippen LogP contribution >= 0.6 is 0 Å². The van der Waals surface area contributed by atoms with Crippen molar-refractivity contribution in [1.29, 1.82) is 0 Å². The fraction of sp³-hybridized carbons (Fsp3) is 0. The minimum absolute atomic E-state index is 0.839. The normalized spacial score (nSPS) is 11.7. The Morgan fingerprint density at radius 2 is 0.967 bits per heavy atom. The molecule has 0 saturated carbocycles. The summed E-state index contributed by atoms with van der Waals surface area (Å²) >= 11 is 0. The molecule has 12 aromatic rings. The van der Waals surface area contributed by atoms with Crippen LogP contribution in [-0.2, 0) is 0 Å². The Labute approximate surface area is 346 Å². The van der Waals surface area contributed by atoms with Crippen LogP contribution in [0.2, 0.25) is 0 Å². The lowest BCUT2D eigenvalue weighted by Crippen LogP contribution is -2.10. The lowest BCUT2D eigenvalue weighted by molar-refractivity contribution is 0.669. The molecule has 0 N–H and O–H groups in total. The van der Waals surface area contributed by atoms with Gasteiger partial charge in [-0.1, -0.05) is 140 Å². The van der Waals surface area contributed by atoms with Crippen molar-refractivity contribution in [2.75, 3.05) is 4.90 Å². The first-order chi connectivity index (χ1) is 29.7. The molecule has 5 nitrogen and oxygen atoms in total. The smallest absolute Gasteiger partial charge is 0.220 e. The topological polar surface area (TPSA) is 38.6 Å². The number of rotatable bonds is 7. The van der Waals surface area contributed by atoms with Crippen molar-refractivity contribution in [3.05, 3.63) is 218 Å². The van der Waals surface area contributed by atoms with Crippen LogP contribution in [0.4, 0.5) is 17.1 Å². The molecule has 0 bridgehead atoms. The van der Waals surface area contributed by atoms with Gasteiger partial charge < -0.3 is 9.32 Å². The van der Waals surface area contributed by atoms with Crippen molar-refractivity contribution in [2.45, 2.75) is 0 Å². The molecule has 0 atom stereocenters. The van der Waals surface area contributed by atoms with Crippen molar-refractivity contribution >= 4 is 66.8 Å². The summed E-state index contributed by atoms with van der Waals surface area (Å²) in [4.78, 5) is 7.42. The summed E-state index contributed by atoms with van der Waals surface area (Å²) in [5, 5.41) is 2.14. The van der Waals surface area contributed by atoms with E-state index in [0.29, 0.717) is 0 Å². The highest BCUT2D eigenvalue weighted by molar-refractivity contribution is 6.11. The summed E-state index contributed by atoms with van der Waals surface area (Å²) in [6.45, 7) is 0. The van der Waals surface area contributed by atoms with E-state index in [4.69, 9.17) is 9.40 Å². The molecule has 0 fully saturated rings. The van der Waals surface area contributed by atoms with Gasteiger partial charge in [0.2, 0.25) is 5.78 Å². The van der Waals surface area contributed by atoms with E-state index in [9.17, 15) is 0 Å². The molecule has 12 rings (SSSR count). The van der Waals surface area contributed by atoms with Gasteiger partial charge in [-0.3, -0.25) is 8.97 Å². The number of benzene rings is 9. The predicted molar refractivity (Wildman–Crippen MR) is 248 cm³/mol. The van der Waals surface area contributed by atoms with E-state index in [-0.39, 0.29) is 0 Å². The van der Waals surface area contributed by atoms with Gasteiger partial charge in [-0.2, -0.15) is 0 Å². The Bertz CT molecular complexity index is 3430. The number of nitrogens with zero attached hydrogens (tertiary/aromatic N) is 4. The van der Waals surface area contributed by atoms with Crippen LogP contribution in [0.15, 0.2) is 223 Å². The van der Waals surface area contributed by atoms with Crippen LogP contribution in [0.25, 0.3) is 88.9 Å². The Morgan fingerprint density at radius 1 is 0.400 bits per heavy atom. The number of imidazole rings is 2. The maximum atomic E-state index is 6.85. The standard InChI is InChI=1S/C55H36N4O/c1-4-13-37(14-5-1)39-23-29-44(30-24-39)57(45-31-25-40(26-32-45)38-15-6-2-7-16-38)51-22-12-19-46-47-35-41(28-34-53(47)60-54(46)51)42-27-33-50-52(36-42)59-49-21-11-10-20-48(49)56-55(59)58(50)43-17-8-3-9-18-43/h1-36H. The molecule has 282 valence electrons. The third-order valence-electron chi connectivity index (χ3n) is 11.7. The lowest BCUT2D eigenvalue weighted by Gasteiger charge is -2.26. The van der Waals surface area contributed by atoms with Gasteiger partial charge >= 0.3 is 0 Å². The fourth-order valence-corrected chi connectivity index (χ4v) is 8.84. The molecule has 0 aliphatic carbocycles. The van der Waals surface area contributed by atoms with Crippen LogP contribution < -0.4 is 4.90 Å². The van der Waals surface area contributed by atoms with Crippen LogP contribution in [0.1, 0.15) is 0 Å². The zero-order valence-electron chi connectivity index (χ0n) is 32.5. The number of furan rings is 1. The van der Waals surface area contributed by atoms with E-state index >= 15 is 0 Å². The average molecular weight is 769 g/mol. The van der Waals surface area contributed by atoms with E-state index in [0.717, 1.165) is 83.7 Å². The Morgan fingerprint density at radius 3 is 1.65 bits per heavy atom. The highest BCUT2D eigenvalue weighted by atomic mass is 16.3. The second-order valence-electron chi connectivity index (χ2n) is 15.2. The summed E-state index contributed by atoms with van der Waals surface area (Å²) in [7, 11) is 0. The number of fused-ring (bicyclic) bond motifs is 8. The number of para-hydroxylation sites is 4. The molecule has 0 saturated heterocycles. The summed E-state index contributed by atoms with van der Waals surface area (Å²) in [6.07, 6.45) is 0. The molecule has 9 aromatic carbocycles. The van der Waals surface area contributed by atoms with Gasteiger partial charge in [0.1, 0.15) is 5.58 Å². The minimum Gasteiger partial charge on any atom is -0.454 e. The van der Waals surface area contributed by atoms with E-state index in [1.807, 2.05) is 6.07 Å². The third kappa shape index (κ3) is 5.52. The number of hydrogen-bond donors (Lipinski definition) is 0. The summed E-state index contributed by atoms with van der Waals surface area (Å²) < 4.78 is 11.4. The van der Waals surface area contributed by atoms with Gasteiger partial charge in [-0.05, 0) is 112 Å². The molecule has 0 aliphatic heterocycles.